The molecule has 0 atom stereocenters. The fourth-order valence-electron chi connectivity index (χ4n) is 8.61. The Morgan fingerprint density at radius 1 is 0.388 bits per heavy atom. The third-order valence-corrected chi connectivity index (χ3v) is 11.1. The summed E-state index contributed by atoms with van der Waals surface area (Å²) in [6.45, 7) is 4.75. The van der Waals surface area contributed by atoms with Gasteiger partial charge in [-0.05, 0) is 109 Å². The van der Waals surface area contributed by atoms with Gasteiger partial charge in [-0.1, -0.05) is 111 Å². The summed E-state index contributed by atoms with van der Waals surface area (Å²) in [4.78, 5) is 0. The first-order valence-corrected chi connectivity index (χ1v) is 17.0. The molecule has 0 radical (unpaired) electrons. The molecule has 0 fully saturated rings. The zero-order valence-electron chi connectivity index (χ0n) is 27.2. The van der Waals surface area contributed by atoms with E-state index < -0.39 is 0 Å². The lowest BCUT2D eigenvalue weighted by Crippen LogP contribution is -2.15. The van der Waals surface area contributed by atoms with E-state index in [0.29, 0.717) is 0 Å². The first-order chi connectivity index (χ1) is 24.0. The fourth-order valence-corrected chi connectivity index (χ4v) is 8.61. The van der Waals surface area contributed by atoms with Gasteiger partial charge in [0.15, 0.2) is 0 Å². The van der Waals surface area contributed by atoms with Crippen LogP contribution in [0.1, 0.15) is 25.0 Å². The van der Waals surface area contributed by atoms with Crippen LogP contribution in [0.4, 0.5) is 0 Å². The van der Waals surface area contributed by atoms with E-state index in [1.807, 2.05) is 12.1 Å². The minimum absolute atomic E-state index is 0.171. The number of hydrogen-bond acceptors (Lipinski definition) is 2. The Labute approximate surface area is 282 Å². The van der Waals surface area contributed by atoms with Crippen LogP contribution in [-0.4, -0.2) is 0 Å². The Kier molecular flexibility index (Phi) is 5.21. The number of benzene rings is 8. The van der Waals surface area contributed by atoms with Gasteiger partial charge in [-0.15, -0.1) is 0 Å². The predicted octanol–water partition coefficient (Wildman–Crippen LogP) is 13.4. The lowest BCUT2D eigenvalue weighted by Gasteiger charge is -2.23. The number of fused-ring (bicyclic) bond motifs is 12. The first kappa shape index (κ1) is 26.9. The molecule has 0 aliphatic heterocycles. The monoisotopic (exact) mass is 626 g/mol. The van der Waals surface area contributed by atoms with Gasteiger partial charge in [0.25, 0.3) is 0 Å². The van der Waals surface area contributed by atoms with E-state index in [4.69, 9.17) is 8.83 Å². The molecule has 2 nitrogen and oxygen atoms in total. The van der Waals surface area contributed by atoms with Gasteiger partial charge in [0.1, 0.15) is 22.3 Å². The minimum Gasteiger partial charge on any atom is -0.456 e. The Balaban J connectivity index is 1.07. The number of hydrogen-bond donors (Lipinski definition) is 0. The Morgan fingerprint density at radius 2 is 1.10 bits per heavy atom. The van der Waals surface area contributed by atoms with E-state index in [1.54, 1.807) is 0 Å². The highest BCUT2D eigenvalue weighted by Gasteiger charge is 2.36. The summed E-state index contributed by atoms with van der Waals surface area (Å²) in [5, 5.41) is 9.51. The van der Waals surface area contributed by atoms with E-state index in [0.717, 1.165) is 43.9 Å². The quantitative estimate of drug-likeness (QED) is 0.191. The lowest BCUT2D eigenvalue weighted by molar-refractivity contribution is 0.661. The van der Waals surface area contributed by atoms with Crippen LogP contribution >= 0.6 is 0 Å². The topological polar surface area (TPSA) is 26.3 Å². The van der Waals surface area contributed by atoms with Crippen molar-refractivity contribution in [2.45, 2.75) is 19.3 Å². The number of furan rings is 2. The van der Waals surface area contributed by atoms with E-state index in [2.05, 4.69) is 147 Å². The molecule has 0 amide bonds. The van der Waals surface area contributed by atoms with Crippen molar-refractivity contribution in [1.29, 1.82) is 0 Å². The molecular formula is C47H30O2. The second-order valence-corrected chi connectivity index (χ2v) is 14.1. The molecule has 0 unspecified atom stereocenters. The van der Waals surface area contributed by atoms with E-state index in [-0.39, 0.29) is 5.41 Å². The maximum atomic E-state index is 6.54. The summed E-state index contributed by atoms with van der Waals surface area (Å²) >= 11 is 0. The molecule has 10 aromatic rings. The molecule has 0 saturated carbocycles. The van der Waals surface area contributed by atoms with Gasteiger partial charge in [-0.25, -0.2) is 0 Å². The highest BCUT2D eigenvalue weighted by Crippen LogP contribution is 2.52. The van der Waals surface area contributed by atoms with Crippen molar-refractivity contribution in [2.24, 2.45) is 0 Å². The van der Waals surface area contributed by atoms with E-state index >= 15 is 0 Å². The molecule has 0 saturated heterocycles. The Bertz CT molecular complexity index is 3020. The SMILES string of the molecule is CC1(C)c2cc(-c3cccc4oc5c6ccccc6ccc5c34)ccc2-c2cc3cccc(-c4ccc5oc6ccccc6c5c4)c3cc21. The normalized spacial score (nSPS) is 13.7. The van der Waals surface area contributed by atoms with Gasteiger partial charge >= 0.3 is 0 Å². The molecule has 1 aliphatic carbocycles. The summed E-state index contributed by atoms with van der Waals surface area (Å²) in [6, 6.07) is 52.8. The van der Waals surface area contributed by atoms with Crippen molar-refractivity contribution in [1.82, 2.24) is 0 Å². The van der Waals surface area contributed by atoms with Gasteiger partial charge in [-0.2, -0.15) is 0 Å². The average molecular weight is 627 g/mol. The molecule has 1 aliphatic rings. The van der Waals surface area contributed by atoms with Gasteiger partial charge in [0.05, 0.1) is 0 Å². The van der Waals surface area contributed by atoms with Gasteiger partial charge in [0.2, 0.25) is 0 Å². The highest BCUT2D eigenvalue weighted by atomic mass is 16.3. The molecule has 0 spiro atoms. The van der Waals surface area contributed by atoms with Gasteiger partial charge in [-0.3, -0.25) is 0 Å². The summed E-state index contributed by atoms with van der Waals surface area (Å²) < 4.78 is 12.7. The van der Waals surface area contributed by atoms with Crippen molar-refractivity contribution in [3.63, 3.8) is 0 Å². The smallest absolute Gasteiger partial charge is 0.143 e. The molecule has 8 aromatic carbocycles. The van der Waals surface area contributed by atoms with Crippen molar-refractivity contribution in [3.05, 3.63) is 157 Å². The minimum atomic E-state index is -0.171. The third-order valence-electron chi connectivity index (χ3n) is 11.1. The van der Waals surface area contributed by atoms with Crippen LogP contribution in [0.2, 0.25) is 0 Å². The van der Waals surface area contributed by atoms with Crippen LogP contribution in [0.25, 0.3) is 98.8 Å². The van der Waals surface area contributed by atoms with Crippen LogP contribution in [-0.2, 0) is 5.41 Å². The molecule has 11 rings (SSSR count). The van der Waals surface area contributed by atoms with Crippen LogP contribution < -0.4 is 0 Å². The number of rotatable bonds is 2. The zero-order chi connectivity index (χ0) is 32.4. The summed E-state index contributed by atoms with van der Waals surface area (Å²) in [6.07, 6.45) is 0. The molecule has 0 N–H and O–H groups in total. The highest BCUT2D eigenvalue weighted by molar-refractivity contribution is 6.19. The Morgan fingerprint density at radius 3 is 2.04 bits per heavy atom. The average Bonchev–Trinajstić information content (AvgIpc) is 3.78. The maximum Gasteiger partial charge on any atom is 0.143 e. The second kappa shape index (κ2) is 9.49. The molecular weight excluding hydrogens is 597 g/mol. The summed E-state index contributed by atoms with van der Waals surface area (Å²) in [5.74, 6) is 0. The maximum absolute atomic E-state index is 6.54. The Hall–Kier alpha value is -6.12. The first-order valence-electron chi connectivity index (χ1n) is 17.0. The van der Waals surface area contributed by atoms with Crippen LogP contribution in [0, 0.1) is 0 Å². The molecule has 2 aromatic heterocycles. The van der Waals surface area contributed by atoms with E-state index in [1.165, 1.54) is 66.1 Å². The molecule has 2 heterocycles. The molecule has 0 bridgehead atoms. The molecule has 230 valence electrons. The fraction of sp³-hybridized carbons (Fsp3) is 0.0638. The summed E-state index contributed by atoms with van der Waals surface area (Å²) in [5.41, 5.74) is 13.8. The van der Waals surface area contributed by atoms with Gasteiger partial charge in [0, 0.05) is 32.3 Å². The number of para-hydroxylation sites is 1. The van der Waals surface area contributed by atoms with Crippen LogP contribution in [0.15, 0.2) is 154 Å². The molecule has 2 heteroatoms. The van der Waals surface area contributed by atoms with Gasteiger partial charge < -0.3 is 8.83 Å². The van der Waals surface area contributed by atoms with Crippen molar-refractivity contribution >= 4 is 65.4 Å². The zero-order valence-corrected chi connectivity index (χ0v) is 27.2. The second-order valence-electron chi connectivity index (χ2n) is 14.1. The van der Waals surface area contributed by atoms with Crippen LogP contribution in [0.3, 0.4) is 0 Å². The third kappa shape index (κ3) is 3.66. The standard InChI is InChI=1S/C47H30O2/c1-47(2)40-25-30(32-14-8-16-44-45(32)36-21-17-27-9-3-4-11-33(27)46(36)49-44)18-20-34(40)38-23-28-10-7-13-31(37(28)26-41(38)47)29-19-22-43-39(24-29)35-12-5-6-15-42(35)48-43/h3-26H,1-2H3. The van der Waals surface area contributed by atoms with Crippen molar-refractivity contribution in [2.75, 3.05) is 0 Å². The predicted molar refractivity (Wildman–Crippen MR) is 204 cm³/mol. The lowest BCUT2D eigenvalue weighted by atomic mass is 9.80. The molecule has 49 heavy (non-hydrogen) atoms. The van der Waals surface area contributed by atoms with Crippen molar-refractivity contribution < 1.29 is 8.83 Å². The van der Waals surface area contributed by atoms with E-state index in [9.17, 15) is 0 Å². The summed E-state index contributed by atoms with van der Waals surface area (Å²) in [7, 11) is 0. The largest absolute Gasteiger partial charge is 0.456 e. The van der Waals surface area contributed by atoms with Crippen molar-refractivity contribution in [3.8, 4) is 33.4 Å². The van der Waals surface area contributed by atoms with Crippen LogP contribution in [0.5, 0.6) is 0 Å².